The number of H-pyrrole nitrogens is 1. The van der Waals surface area contributed by atoms with Gasteiger partial charge in [0.05, 0.1) is 18.2 Å². The molecule has 1 aromatic carbocycles. The zero-order valence-corrected chi connectivity index (χ0v) is 13.3. The van der Waals surface area contributed by atoms with Crippen LogP contribution in [0.2, 0.25) is 0 Å². The Morgan fingerprint density at radius 3 is 3.00 bits per heavy atom. The molecule has 0 aliphatic carbocycles. The highest BCUT2D eigenvalue weighted by Crippen LogP contribution is 2.21. The van der Waals surface area contributed by atoms with E-state index in [4.69, 9.17) is 4.74 Å². The van der Waals surface area contributed by atoms with Crippen molar-refractivity contribution < 1.29 is 9.53 Å². The molecule has 0 spiro atoms. The molecule has 0 aliphatic heterocycles. The number of benzene rings is 1. The topological polar surface area (TPSA) is 67.0 Å². The minimum Gasteiger partial charge on any atom is -0.494 e. The normalized spacial score (nSPS) is 10.8. The third-order valence-corrected chi connectivity index (χ3v) is 4.15. The number of fused-ring (bicyclic) bond motifs is 1. The quantitative estimate of drug-likeness (QED) is 0.759. The van der Waals surface area contributed by atoms with E-state index in [0.717, 1.165) is 26.5 Å². The predicted octanol–water partition coefficient (Wildman–Crippen LogP) is 3.26. The molecule has 0 radical (unpaired) electrons. The molecule has 3 aromatic rings. The van der Waals surface area contributed by atoms with E-state index in [9.17, 15) is 4.79 Å². The summed E-state index contributed by atoms with van der Waals surface area (Å²) in [5.41, 5.74) is 1.44. The third kappa shape index (κ3) is 3.12. The Bertz CT molecular complexity index is 807. The molecule has 0 unspecified atom stereocenters. The molecule has 22 heavy (non-hydrogen) atoms. The second kappa shape index (κ2) is 6.19. The Hall–Kier alpha value is -2.34. The fraction of sp³-hybridized carbons (Fsp3) is 0.250. The van der Waals surface area contributed by atoms with Crippen LogP contribution in [-0.2, 0) is 6.54 Å². The van der Waals surface area contributed by atoms with Crippen LogP contribution in [0.1, 0.15) is 27.3 Å². The van der Waals surface area contributed by atoms with Crippen molar-refractivity contribution in [2.24, 2.45) is 0 Å². The largest absolute Gasteiger partial charge is 0.494 e. The van der Waals surface area contributed by atoms with Crippen LogP contribution in [0.3, 0.4) is 0 Å². The van der Waals surface area contributed by atoms with E-state index in [0.29, 0.717) is 18.8 Å². The summed E-state index contributed by atoms with van der Waals surface area (Å²) in [5.74, 6) is 0.671. The summed E-state index contributed by atoms with van der Waals surface area (Å²) in [6.07, 6.45) is 1.79. The number of carbonyl (C=O) groups is 1. The SMILES string of the molecule is CCOc1ccc2cc(C(=O)NCc3cnc(C)s3)[nH]c2c1. The van der Waals surface area contributed by atoms with Gasteiger partial charge in [0.25, 0.3) is 5.91 Å². The van der Waals surface area contributed by atoms with E-state index in [-0.39, 0.29) is 5.91 Å². The van der Waals surface area contributed by atoms with Gasteiger partial charge in [-0.25, -0.2) is 4.98 Å². The van der Waals surface area contributed by atoms with E-state index in [1.165, 1.54) is 0 Å². The number of aromatic nitrogens is 2. The zero-order chi connectivity index (χ0) is 15.5. The molecule has 1 amide bonds. The first-order valence-corrected chi connectivity index (χ1v) is 7.92. The fourth-order valence-corrected chi connectivity index (χ4v) is 2.97. The molecule has 0 saturated carbocycles. The van der Waals surface area contributed by atoms with Crippen LogP contribution in [0.15, 0.2) is 30.5 Å². The number of aryl methyl sites for hydroxylation is 1. The molecule has 2 heterocycles. The number of rotatable bonds is 5. The van der Waals surface area contributed by atoms with Gasteiger partial charge in [-0.05, 0) is 32.0 Å². The summed E-state index contributed by atoms with van der Waals surface area (Å²) in [5, 5.41) is 4.88. The third-order valence-electron chi connectivity index (χ3n) is 3.24. The molecular weight excluding hydrogens is 298 g/mol. The highest BCUT2D eigenvalue weighted by atomic mass is 32.1. The second-order valence-electron chi connectivity index (χ2n) is 4.89. The zero-order valence-electron chi connectivity index (χ0n) is 12.5. The summed E-state index contributed by atoms with van der Waals surface area (Å²) < 4.78 is 5.47. The van der Waals surface area contributed by atoms with Gasteiger partial charge in [-0.3, -0.25) is 4.79 Å². The summed E-state index contributed by atoms with van der Waals surface area (Å²) in [6, 6.07) is 7.60. The number of aromatic amines is 1. The number of hydrogen-bond donors (Lipinski definition) is 2. The standard InChI is InChI=1S/C16H17N3O2S/c1-3-21-12-5-4-11-6-15(19-14(11)7-12)16(20)18-9-13-8-17-10(2)22-13/h4-8,19H,3,9H2,1-2H3,(H,18,20). The fourth-order valence-electron chi connectivity index (χ4n) is 2.23. The average molecular weight is 315 g/mol. The maximum absolute atomic E-state index is 12.2. The van der Waals surface area contributed by atoms with Gasteiger partial charge in [-0.15, -0.1) is 11.3 Å². The van der Waals surface area contributed by atoms with Crippen molar-refractivity contribution in [1.82, 2.24) is 15.3 Å². The average Bonchev–Trinajstić information content (AvgIpc) is 3.10. The molecule has 3 rings (SSSR count). The van der Waals surface area contributed by atoms with Crippen LogP contribution in [0.4, 0.5) is 0 Å². The maximum atomic E-state index is 12.2. The smallest absolute Gasteiger partial charge is 0.268 e. The number of thiazole rings is 1. The lowest BCUT2D eigenvalue weighted by molar-refractivity contribution is 0.0947. The Balaban J connectivity index is 1.73. The van der Waals surface area contributed by atoms with Crippen molar-refractivity contribution in [3.05, 3.63) is 46.0 Å². The first-order valence-electron chi connectivity index (χ1n) is 7.11. The molecule has 0 atom stereocenters. The van der Waals surface area contributed by atoms with Gasteiger partial charge in [0.2, 0.25) is 0 Å². The minimum atomic E-state index is -0.125. The summed E-state index contributed by atoms with van der Waals surface area (Å²) in [7, 11) is 0. The summed E-state index contributed by atoms with van der Waals surface area (Å²) in [4.78, 5) is 20.6. The Morgan fingerprint density at radius 2 is 2.27 bits per heavy atom. The van der Waals surface area contributed by atoms with Crippen LogP contribution in [0.5, 0.6) is 5.75 Å². The van der Waals surface area contributed by atoms with Crippen molar-refractivity contribution in [2.75, 3.05) is 6.61 Å². The number of hydrogen-bond acceptors (Lipinski definition) is 4. The highest BCUT2D eigenvalue weighted by molar-refractivity contribution is 7.11. The molecule has 2 aromatic heterocycles. The number of ether oxygens (including phenoxy) is 1. The summed E-state index contributed by atoms with van der Waals surface area (Å²) in [6.45, 7) is 5.00. The Morgan fingerprint density at radius 1 is 1.41 bits per heavy atom. The van der Waals surface area contributed by atoms with Crippen molar-refractivity contribution >= 4 is 28.1 Å². The first-order chi connectivity index (χ1) is 10.7. The van der Waals surface area contributed by atoms with Crippen LogP contribution < -0.4 is 10.1 Å². The first kappa shape index (κ1) is 14.6. The Labute approximate surface area is 132 Å². The highest BCUT2D eigenvalue weighted by Gasteiger charge is 2.10. The van der Waals surface area contributed by atoms with Crippen molar-refractivity contribution in [2.45, 2.75) is 20.4 Å². The molecule has 5 nitrogen and oxygen atoms in total. The van der Waals surface area contributed by atoms with Crippen LogP contribution >= 0.6 is 11.3 Å². The second-order valence-corrected chi connectivity index (χ2v) is 6.21. The molecular formula is C16H17N3O2S. The van der Waals surface area contributed by atoms with Gasteiger partial charge in [-0.1, -0.05) is 0 Å². The van der Waals surface area contributed by atoms with Gasteiger partial charge in [0.15, 0.2) is 0 Å². The predicted molar refractivity (Wildman–Crippen MR) is 87.5 cm³/mol. The number of carbonyl (C=O) groups excluding carboxylic acids is 1. The monoisotopic (exact) mass is 315 g/mol. The van der Waals surface area contributed by atoms with Crippen LogP contribution in [0.25, 0.3) is 10.9 Å². The van der Waals surface area contributed by atoms with E-state index in [1.54, 1.807) is 17.5 Å². The van der Waals surface area contributed by atoms with Crippen LogP contribution in [0, 0.1) is 6.92 Å². The van der Waals surface area contributed by atoms with Gasteiger partial charge in [0.1, 0.15) is 11.4 Å². The van der Waals surface area contributed by atoms with Gasteiger partial charge in [0, 0.05) is 28.0 Å². The maximum Gasteiger partial charge on any atom is 0.268 e. The lowest BCUT2D eigenvalue weighted by Gasteiger charge is -2.01. The molecule has 0 saturated heterocycles. The van der Waals surface area contributed by atoms with E-state index < -0.39 is 0 Å². The van der Waals surface area contributed by atoms with Crippen molar-refractivity contribution in [3.8, 4) is 5.75 Å². The van der Waals surface area contributed by atoms with Crippen molar-refractivity contribution in [3.63, 3.8) is 0 Å². The molecule has 0 aliphatic rings. The Kier molecular flexibility index (Phi) is 4.11. The minimum absolute atomic E-state index is 0.125. The molecule has 0 fully saturated rings. The number of nitrogens with zero attached hydrogens (tertiary/aromatic N) is 1. The van der Waals surface area contributed by atoms with Gasteiger partial charge >= 0.3 is 0 Å². The summed E-state index contributed by atoms with van der Waals surface area (Å²) >= 11 is 1.58. The van der Waals surface area contributed by atoms with E-state index in [2.05, 4.69) is 15.3 Å². The van der Waals surface area contributed by atoms with Crippen molar-refractivity contribution in [1.29, 1.82) is 0 Å². The number of amides is 1. The molecule has 0 bridgehead atoms. The lowest BCUT2D eigenvalue weighted by atomic mass is 10.2. The lowest BCUT2D eigenvalue weighted by Crippen LogP contribution is -2.22. The van der Waals surface area contributed by atoms with E-state index in [1.807, 2.05) is 38.1 Å². The number of nitrogens with one attached hydrogen (secondary N) is 2. The molecule has 114 valence electrons. The molecule has 6 heteroatoms. The van der Waals surface area contributed by atoms with Crippen LogP contribution in [-0.4, -0.2) is 22.5 Å². The van der Waals surface area contributed by atoms with Gasteiger partial charge < -0.3 is 15.0 Å². The van der Waals surface area contributed by atoms with E-state index >= 15 is 0 Å². The van der Waals surface area contributed by atoms with Gasteiger partial charge in [-0.2, -0.15) is 0 Å². The molecule has 2 N–H and O–H groups in total.